The van der Waals surface area contributed by atoms with Crippen molar-refractivity contribution in [2.45, 2.75) is 73.6 Å². The number of ether oxygens (including phenoxy) is 2. The van der Waals surface area contributed by atoms with Gasteiger partial charge in [0, 0.05) is 10.5 Å². The van der Waals surface area contributed by atoms with E-state index < -0.39 is 0 Å². The van der Waals surface area contributed by atoms with Crippen LogP contribution in [0.3, 0.4) is 0 Å². The van der Waals surface area contributed by atoms with Crippen LogP contribution in [0.1, 0.15) is 56.9 Å². The highest BCUT2D eigenvalue weighted by molar-refractivity contribution is 8.00. The largest absolute Gasteiger partial charge is 0.371 e. The van der Waals surface area contributed by atoms with E-state index in [-0.39, 0.29) is 5.60 Å². The first-order valence-corrected chi connectivity index (χ1v) is 10.2. The molecule has 1 aromatic rings. The lowest BCUT2D eigenvalue weighted by molar-refractivity contribution is -0.117. The van der Waals surface area contributed by atoms with Crippen LogP contribution in [0.2, 0.25) is 0 Å². The zero-order chi connectivity index (χ0) is 15.6. The number of epoxide rings is 1. The molecule has 0 amide bonds. The highest BCUT2D eigenvalue weighted by Gasteiger charge is 2.55. The minimum absolute atomic E-state index is 0.106. The van der Waals surface area contributed by atoms with Crippen molar-refractivity contribution in [2.24, 2.45) is 0 Å². The van der Waals surface area contributed by atoms with Crippen LogP contribution in [0.25, 0.3) is 0 Å². The fourth-order valence-corrected chi connectivity index (χ4v) is 6.31. The van der Waals surface area contributed by atoms with Crippen molar-refractivity contribution in [3.63, 3.8) is 0 Å². The molecule has 2 saturated carbocycles. The SMILES string of the molecule is c1ccc(CSC23CCCCC2(OCC2CO2)CCCC3)cc1. The van der Waals surface area contributed by atoms with Gasteiger partial charge in [-0.2, -0.15) is 0 Å². The van der Waals surface area contributed by atoms with Crippen LogP contribution in [0.15, 0.2) is 30.3 Å². The summed E-state index contributed by atoms with van der Waals surface area (Å²) >= 11 is 2.19. The monoisotopic (exact) mass is 332 g/mol. The summed E-state index contributed by atoms with van der Waals surface area (Å²) in [5, 5.41) is 0. The van der Waals surface area contributed by atoms with Crippen LogP contribution in [-0.4, -0.2) is 29.7 Å². The number of benzene rings is 1. The Labute approximate surface area is 144 Å². The summed E-state index contributed by atoms with van der Waals surface area (Å²) in [4.78, 5) is 0. The summed E-state index contributed by atoms with van der Waals surface area (Å²) in [6, 6.07) is 10.9. The van der Waals surface area contributed by atoms with Gasteiger partial charge in [-0.05, 0) is 31.2 Å². The van der Waals surface area contributed by atoms with Crippen molar-refractivity contribution in [1.29, 1.82) is 0 Å². The predicted octanol–water partition coefficient (Wildman–Crippen LogP) is 4.96. The molecular weight excluding hydrogens is 304 g/mol. The maximum absolute atomic E-state index is 6.64. The summed E-state index contributed by atoms with van der Waals surface area (Å²) in [7, 11) is 0. The smallest absolute Gasteiger partial charge is 0.104 e. The zero-order valence-corrected chi connectivity index (χ0v) is 14.8. The van der Waals surface area contributed by atoms with E-state index in [2.05, 4.69) is 42.1 Å². The van der Waals surface area contributed by atoms with Crippen molar-refractivity contribution >= 4 is 11.8 Å². The number of fused-ring (bicyclic) bond motifs is 1. The van der Waals surface area contributed by atoms with Crippen molar-refractivity contribution in [3.8, 4) is 0 Å². The highest BCUT2D eigenvalue weighted by atomic mass is 32.2. The first-order valence-electron chi connectivity index (χ1n) is 9.25. The highest BCUT2D eigenvalue weighted by Crippen LogP contribution is 2.57. The van der Waals surface area contributed by atoms with Gasteiger partial charge in [0.2, 0.25) is 0 Å². The number of thioether (sulfide) groups is 1. The van der Waals surface area contributed by atoms with Crippen molar-refractivity contribution in [1.82, 2.24) is 0 Å². The summed E-state index contributed by atoms with van der Waals surface area (Å²) in [5.41, 5.74) is 1.55. The molecule has 23 heavy (non-hydrogen) atoms. The van der Waals surface area contributed by atoms with Crippen LogP contribution >= 0.6 is 11.8 Å². The Balaban J connectivity index is 1.52. The minimum Gasteiger partial charge on any atom is -0.371 e. The van der Waals surface area contributed by atoms with Gasteiger partial charge in [-0.1, -0.05) is 56.0 Å². The molecule has 1 heterocycles. The van der Waals surface area contributed by atoms with Gasteiger partial charge in [0.05, 0.1) is 18.8 Å². The molecule has 3 fully saturated rings. The van der Waals surface area contributed by atoms with Crippen molar-refractivity contribution < 1.29 is 9.47 Å². The lowest BCUT2D eigenvalue weighted by Gasteiger charge is -2.56. The molecule has 126 valence electrons. The molecule has 3 aliphatic rings. The molecule has 2 nitrogen and oxygen atoms in total. The summed E-state index contributed by atoms with van der Waals surface area (Å²) in [6.45, 7) is 1.72. The molecule has 1 saturated heterocycles. The standard InChI is InChI=1S/C20H28O2S/c1-2-8-17(9-3-1)16-23-20-12-6-4-10-19(20,11-5-7-13-20)22-15-18-14-21-18/h1-3,8-9,18H,4-7,10-16H2. The third-order valence-corrected chi connectivity index (χ3v) is 7.77. The topological polar surface area (TPSA) is 21.8 Å². The normalized spacial score (nSPS) is 36.4. The van der Waals surface area contributed by atoms with E-state index >= 15 is 0 Å². The third-order valence-electron chi connectivity index (χ3n) is 5.96. The van der Waals surface area contributed by atoms with Crippen molar-refractivity contribution in [2.75, 3.05) is 13.2 Å². The average molecular weight is 333 g/mol. The van der Waals surface area contributed by atoms with E-state index in [9.17, 15) is 0 Å². The number of hydrogen-bond acceptors (Lipinski definition) is 3. The lowest BCUT2D eigenvalue weighted by atomic mass is 9.66. The fourth-order valence-electron chi connectivity index (χ4n) is 4.57. The molecule has 2 aliphatic carbocycles. The first-order chi connectivity index (χ1) is 11.3. The Bertz CT molecular complexity index is 500. The van der Waals surface area contributed by atoms with Crippen LogP contribution in [0.5, 0.6) is 0 Å². The average Bonchev–Trinajstić information content (AvgIpc) is 3.44. The second-order valence-electron chi connectivity index (χ2n) is 7.44. The quantitative estimate of drug-likeness (QED) is 0.687. The van der Waals surface area contributed by atoms with Gasteiger partial charge in [-0.3, -0.25) is 0 Å². The molecular formula is C20H28O2S. The van der Waals surface area contributed by atoms with Gasteiger partial charge in [0.1, 0.15) is 6.10 Å². The maximum Gasteiger partial charge on any atom is 0.104 e. The second kappa shape index (κ2) is 6.78. The molecule has 0 aromatic heterocycles. The fraction of sp³-hybridized carbons (Fsp3) is 0.700. The molecule has 0 N–H and O–H groups in total. The Morgan fingerprint density at radius 1 is 1.00 bits per heavy atom. The predicted molar refractivity (Wildman–Crippen MR) is 95.8 cm³/mol. The van der Waals surface area contributed by atoms with E-state index in [0.29, 0.717) is 10.9 Å². The summed E-state index contributed by atoms with van der Waals surface area (Å²) in [6.07, 6.45) is 10.9. The minimum atomic E-state index is 0.106. The van der Waals surface area contributed by atoms with Gasteiger partial charge >= 0.3 is 0 Å². The summed E-state index contributed by atoms with van der Waals surface area (Å²) in [5.74, 6) is 1.12. The van der Waals surface area contributed by atoms with E-state index in [1.807, 2.05) is 0 Å². The van der Waals surface area contributed by atoms with Gasteiger partial charge in [-0.25, -0.2) is 0 Å². The van der Waals surface area contributed by atoms with Gasteiger partial charge in [0.25, 0.3) is 0 Å². The Hall–Kier alpha value is -0.510. The molecule has 1 aromatic carbocycles. The van der Waals surface area contributed by atoms with E-state index in [1.54, 1.807) is 0 Å². The van der Waals surface area contributed by atoms with E-state index in [1.165, 1.54) is 56.9 Å². The molecule has 1 atom stereocenters. The molecule has 0 spiro atoms. The first kappa shape index (κ1) is 16.0. The van der Waals surface area contributed by atoms with Crippen LogP contribution in [0.4, 0.5) is 0 Å². The zero-order valence-electron chi connectivity index (χ0n) is 14.0. The second-order valence-corrected chi connectivity index (χ2v) is 8.80. The molecule has 4 rings (SSSR count). The van der Waals surface area contributed by atoms with E-state index in [4.69, 9.17) is 9.47 Å². The molecule has 0 bridgehead atoms. The third kappa shape index (κ3) is 3.33. The maximum atomic E-state index is 6.64. The van der Waals surface area contributed by atoms with Crippen LogP contribution in [0, 0.1) is 0 Å². The lowest BCUT2D eigenvalue weighted by Crippen LogP contribution is -2.58. The van der Waals surface area contributed by atoms with Crippen LogP contribution in [-0.2, 0) is 15.2 Å². The Morgan fingerprint density at radius 2 is 1.65 bits per heavy atom. The van der Waals surface area contributed by atoms with E-state index in [0.717, 1.165) is 19.0 Å². The molecule has 3 heteroatoms. The molecule has 0 radical (unpaired) electrons. The Morgan fingerprint density at radius 3 is 2.30 bits per heavy atom. The van der Waals surface area contributed by atoms with Gasteiger partial charge < -0.3 is 9.47 Å². The van der Waals surface area contributed by atoms with Gasteiger partial charge in [-0.15, -0.1) is 11.8 Å². The molecule has 1 unspecified atom stereocenters. The number of rotatable bonds is 6. The number of hydrogen-bond donors (Lipinski definition) is 0. The van der Waals surface area contributed by atoms with Crippen molar-refractivity contribution in [3.05, 3.63) is 35.9 Å². The van der Waals surface area contributed by atoms with Gasteiger partial charge in [0.15, 0.2) is 0 Å². The summed E-state index contributed by atoms with van der Waals surface area (Å²) < 4.78 is 12.4. The molecule has 1 aliphatic heterocycles. The Kier molecular flexibility index (Phi) is 4.71. The van der Waals surface area contributed by atoms with Crippen LogP contribution < -0.4 is 0 Å².